The molecule has 0 aromatic heterocycles. The van der Waals surface area contributed by atoms with E-state index in [1.165, 1.54) is 11.0 Å². The first-order chi connectivity index (χ1) is 17.4. The molecule has 2 unspecified atom stereocenters. The molecule has 2 atom stereocenters. The van der Waals surface area contributed by atoms with Crippen molar-refractivity contribution in [3.05, 3.63) is 88.9 Å². The summed E-state index contributed by atoms with van der Waals surface area (Å²) in [7, 11) is -3.69. The van der Waals surface area contributed by atoms with Gasteiger partial charge in [0.25, 0.3) is 10.1 Å². The summed E-state index contributed by atoms with van der Waals surface area (Å²) in [5, 5.41) is 0.562. The normalized spacial score (nSPS) is 18.3. The van der Waals surface area contributed by atoms with Gasteiger partial charge in [-0.25, -0.2) is 0 Å². The van der Waals surface area contributed by atoms with Crippen molar-refractivity contribution < 1.29 is 35.3 Å². The lowest BCUT2D eigenvalue weighted by atomic mass is 9.96. The van der Waals surface area contributed by atoms with E-state index in [0.29, 0.717) is 27.8 Å². The Balaban J connectivity index is 1.61. The summed E-state index contributed by atoms with van der Waals surface area (Å²) in [6, 6.07) is 17.6. The van der Waals surface area contributed by atoms with Crippen LogP contribution >= 0.6 is 11.6 Å². The van der Waals surface area contributed by atoms with Gasteiger partial charge in [-0.3, -0.25) is 8.98 Å². The summed E-state index contributed by atoms with van der Waals surface area (Å²) in [5.74, 6) is 0.0887. The van der Waals surface area contributed by atoms with Crippen molar-refractivity contribution in [2.24, 2.45) is 5.92 Å². The van der Waals surface area contributed by atoms with Gasteiger partial charge in [0.05, 0.1) is 24.5 Å². The maximum atomic E-state index is 13.4. The van der Waals surface area contributed by atoms with Crippen LogP contribution in [0.25, 0.3) is 0 Å². The minimum absolute atomic E-state index is 0.107. The lowest BCUT2D eigenvalue weighted by molar-refractivity contribution is -0.137. The van der Waals surface area contributed by atoms with Crippen LogP contribution in [-0.4, -0.2) is 27.2 Å². The van der Waals surface area contributed by atoms with E-state index in [1.807, 2.05) is 0 Å². The number of ether oxygens (including phenoxy) is 1. The zero-order valence-corrected chi connectivity index (χ0v) is 21.2. The summed E-state index contributed by atoms with van der Waals surface area (Å²) in [6.07, 6.45) is -3.31. The van der Waals surface area contributed by atoms with Crippen LogP contribution in [0.2, 0.25) is 5.02 Å². The molecule has 4 rings (SSSR count). The van der Waals surface area contributed by atoms with E-state index >= 15 is 0 Å². The molecule has 1 fully saturated rings. The van der Waals surface area contributed by atoms with Crippen LogP contribution in [0.3, 0.4) is 0 Å². The van der Waals surface area contributed by atoms with Crippen LogP contribution in [-0.2, 0) is 25.3 Å². The molecule has 3 aromatic carbocycles. The van der Waals surface area contributed by atoms with Crippen LogP contribution in [0.4, 0.5) is 18.9 Å². The quantitative estimate of drug-likeness (QED) is 0.293. The number of hydrogen-bond donors (Lipinski definition) is 0. The maximum absolute atomic E-state index is 13.4. The highest BCUT2D eigenvalue weighted by Gasteiger charge is 2.42. The number of amides is 1. The van der Waals surface area contributed by atoms with E-state index in [4.69, 9.17) is 20.5 Å². The van der Waals surface area contributed by atoms with E-state index in [0.717, 1.165) is 18.4 Å². The second-order valence-corrected chi connectivity index (χ2v) is 10.7. The standard InChI is InChI=1S/C26H23ClF3NO5S/c1-37(33,34)35-14-13-18-16-24(17-3-2-4-19(15-17)26(28,29)30)31(25(18)32)21-7-11-23(12-8-21)36-22-9-5-20(27)6-10-22/h2-12,15,18,24H,13-14,16H2,1H3. The zero-order valence-electron chi connectivity index (χ0n) is 19.6. The molecule has 0 bridgehead atoms. The average Bonchev–Trinajstić information content (AvgIpc) is 3.16. The maximum Gasteiger partial charge on any atom is 0.416 e. The van der Waals surface area contributed by atoms with Crippen LogP contribution in [0.1, 0.15) is 30.0 Å². The molecule has 0 spiro atoms. The topological polar surface area (TPSA) is 72.9 Å². The number of benzene rings is 3. The van der Waals surface area contributed by atoms with Gasteiger partial charge < -0.3 is 9.64 Å². The Hall–Kier alpha value is -3.08. The Bertz CT molecular complexity index is 1360. The van der Waals surface area contributed by atoms with Gasteiger partial charge in [0, 0.05) is 16.6 Å². The summed E-state index contributed by atoms with van der Waals surface area (Å²) >= 11 is 5.89. The fraction of sp³-hybridized carbons (Fsp3) is 0.269. The first-order valence-corrected chi connectivity index (χ1v) is 13.5. The van der Waals surface area contributed by atoms with E-state index in [-0.39, 0.29) is 25.4 Å². The highest BCUT2D eigenvalue weighted by molar-refractivity contribution is 7.85. The highest BCUT2D eigenvalue weighted by Crippen LogP contribution is 2.43. The predicted molar refractivity (Wildman–Crippen MR) is 133 cm³/mol. The van der Waals surface area contributed by atoms with Gasteiger partial charge in [-0.05, 0) is 79.1 Å². The van der Waals surface area contributed by atoms with Crippen molar-refractivity contribution in [1.29, 1.82) is 0 Å². The Morgan fingerprint density at radius 3 is 2.22 bits per heavy atom. The van der Waals surface area contributed by atoms with E-state index in [9.17, 15) is 26.4 Å². The fourth-order valence-electron chi connectivity index (χ4n) is 4.24. The van der Waals surface area contributed by atoms with Gasteiger partial charge in [-0.1, -0.05) is 23.7 Å². The fourth-order valence-corrected chi connectivity index (χ4v) is 4.76. The van der Waals surface area contributed by atoms with Crippen LogP contribution in [0, 0.1) is 5.92 Å². The molecule has 196 valence electrons. The lowest BCUT2D eigenvalue weighted by Crippen LogP contribution is -2.29. The molecular formula is C26H23ClF3NO5S. The zero-order chi connectivity index (χ0) is 26.8. The first-order valence-electron chi connectivity index (χ1n) is 11.3. The van der Waals surface area contributed by atoms with E-state index in [2.05, 4.69) is 0 Å². The number of alkyl halides is 3. The number of nitrogens with zero attached hydrogens (tertiary/aromatic N) is 1. The minimum atomic E-state index is -4.53. The molecule has 1 aliphatic rings. The van der Waals surface area contributed by atoms with Crippen molar-refractivity contribution in [3.8, 4) is 11.5 Å². The number of carbonyl (C=O) groups is 1. The lowest BCUT2D eigenvalue weighted by Gasteiger charge is -2.26. The molecule has 0 N–H and O–H groups in total. The van der Waals surface area contributed by atoms with Gasteiger partial charge in [0.1, 0.15) is 11.5 Å². The summed E-state index contributed by atoms with van der Waals surface area (Å²) < 4.78 is 73.4. The molecule has 37 heavy (non-hydrogen) atoms. The highest BCUT2D eigenvalue weighted by atomic mass is 35.5. The molecule has 1 aliphatic heterocycles. The summed E-state index contributed by atoms with van der Waals surface area (Å²) in [5.41, 5.74) is -0.00781. The van der Waals surface area contributed by atoms with Gasteiger partial charge in [-0.15, -0.1) is 0 Å². The second-order valence-electron chi connectivity index (χ2n) is 8.64. The third-order valence-corrected chi connectivity index (χ3v) is 6.78. The summed E-state index contributed by atoms with van der Waals surface area (Å²) in [6.45, 7) is -0.202. The Morgan fingerprint density at radius 1 is 1.00 bits per heavy atom. The van der Waals surface area contributed by atoms with E-state index < -0.39 is 33.8 Å². The number of carbonyl (C=O) groups excluding carboxylic acids is 1. The molecule has 0 radical (unpaired) electrons. The SMILES string of the molecule is CS(=O)(=O)OCCC1CC(c2cccc(C(F)(F)F)c2)N(c2ccc(Oc3ccc(Cl)cc3)cc2)C1=O. The average molecular weight is 554 g/mol. The van der Waals surface area contributed by atoms with Gasteiger partial charge in [0.15, 0.2) is 0 Å². The molecule has 3 aromatic rings. The van der Waals surface area contributed by atoms with Gasteiger partial charge in [0.2, 0.25) is 5.91 Å². The first kappa shape index (κ1) is 27.0. The molecule has 1 heterocycles. The third kappa shape index (κ3) is 6.82. The molecule has 6 nitrogen and oxygen atoms in total. The molecule has 1 saturated heterocycles. The Morgan fingerprint density at radius 2 is 1.62 bits per heavy atom. The van der Waals surface area contributed by atoms with Crippen molar-refractivity contribution in [1.82, 2.24) is 0 Å². The number of anilines is 1. The number of rotatable bonds is 8. The van der Waals surface area contributed by atoms with Crippen LogP contribution < -0.4 is 9.64 Å². The molecule has 0 aliphatic carbocycles. The second kappa shape index (κ2) is 10.7. The Labute approximate surface area is 217 Å². The third-order valence-electron chi connectivity index (χ3n) is 5.93. The van der Waals surface area contributed by atoms with Crippen LogP contribution in [0.5, 0.6) is 11.5 Å². The minimum Gasteiger partial charge on any atom is -0.457 e. The van der Waals surface area contributed by atoms with E-state index in [1.54, 1.807) is 54.6 Å². The van der Waals surface area contributed by atoms with Crippen molar-refractivity contribution in [2.45, 2.75) is 25.1 Å². The van der Waals surface area contributed by atoms with Crippen molar-refractivity contribution in [2.75, 3.05) is 17.8 Å². The molecule has 1 amide bonds. The van der Waals surface area contributed by atoms with Crippen LogP contribution in [0.15, 0.2) is 72.8 Å². The molecular weight excluding hydrogens is 531 g/mol. The largest absolute Gasteiger partial charge is 0.457 e. The van der Waals surface area contributed by atoms with Crippen molar-refractivity contribution in [3.63, 3.8) is 0 Å². The van der Waals surface area contributed by atoms with Gasteiger partial charge >= 0.3 is 6.18 Å². The number of hydrogen-bond acceptors (Lipinski definition) is 5. The van der Waals surface area contributed by atoms with Crippen molar-refractivity contribution >= 4 is 33.3 Å². The predicted octanol–water partition coefficient (Wildman–Crippen LogP) is 6.61. The smallest absolute Gasteiger partial charge is 0.416 e. The molecule has 0 saturated carbocycles. The molecule has 11 heteroatoms. The summed E-state index contributed by atoms with van der Waals surface area (Å²) in [4.78, 5) is 14.8. The van der Waals surface area contributed by atoms with Gasteiger partial charge in [-0.2, -0.15) is 21.6 Å². The Kier molecular flexibility index (Phi) is 7.82. The number of halogens is 4. The monoisotopic (exact) mass is 553 g/mol.